The highest BCUT2D eigenvalue weighted by Gasteiger charge is 2.31. The Morgan fingerprint density at radius 3 is 2.37 bits per heavy atom. The van der Waals surface area contributed by atoms with Gasteiger partial charge in [0.15, 0.2) is 17.6 Å². The van der Waals surface area contributed by atoms with Crippen LogP contribution >= 0.6 is 0 Å². The Morgan fingerprint density at radius 2 is 1.80 bits per heavy atom. The predicted molar refractivity (Wildman–Crippen MR) is 107 cm³/mol. The van der Waals surface area contributed by atoms with Crippen molar-refractivity contribution in [1.29, 1.82) is 0 Å². The number of methoxy groups -OCH3 is 4. The third kappa shape index (κ3) is 4.60. The number of hydrogen-bond donors (Lipinski definition) is 1. The fourth-order valence-electron chi connectivity index (χ4n) is 2.94. The second-order valence-corrected chi connectivity index (χ2v) is 7.49. The summed E-state index contributed by atoms with van der Waals surface area (Å²) in [5, 5.41) is 10.5. The highest BCUT2D eigenvalue weighted by Crippen LogP contribution is 2.34. The molecule has 1 N–H and O–H groups in total. The Bertz CT molecular complexity index is 976. The van der Waals surface area contributed by atoms with Gasteiger partial charge in [0, 0.05) is 22.7 Å². The zero-order valence-corrected chi connectivity index (χ0v) is 18.1. The van der Waals surface area contributed by atoms with Crippen LogP contribution in [-0.4, -0.2) is 54.7 Å². The fourth-order valence-corrected chi connectivity index (χ4v) is 4.23. The van der Waals surface area contributed by atoms with Crippen molar-refractivity contribution in [3.05, 3.63) is 46.8 Å². The summed E-state index contributed by atoms with van der Waals surface area (Å²) in [5.74, 6) is -1.18. The topological polar surface area (TPSA) is 121 Å². The average Bonchev–Trinajstić information content (AvgIpc) is 2.76. The van der Waals surface area contributed by atoms with Gasteiger partial charge >= 0.3 is 11.9 Å². The molecule has 0 aliphatic rings. The number of carbonyl (C=O) groups excluding carboxylic acids is 2. The molecule has 0 spiro atoms. The smallest absolute Gasteiger partial charge is 0.339 e. The highest BCUT2D eigenvalue weighted by molar-refractivity contribution is 7.84. The third-order valence-electron chi connectivity index (χ3n) is 4.38. The van der Waals surface area contributed by atoms with E-state index in [-0.39, 0.29) is 21.8 Å². The quantitative estimate of drug-likeness (QED) is 0.615. The van der Waals surface area contributed by atoms with Crippen molar-refractivity contribution < 1.29 is 37.9 Å². The second-order valence-electron chi connectivity index (χ2n) is 6.07. The van der Waals surface area contributed by atoms with Gasteiger partial charge < -0.3 is 24.1 Å². The van der Waals surface area contributed by atoms with Crippen LogP contribution in [-0.2, 0) is 30.8 Å². The van der Waals surface area contributed by atoms with Gasteiger partial charge in [0.2, 0.25) is 0 Å². The van der Waals surface area contributed by atoms with E-state index in [0.29, 0.717) is 22.8 Å². The number of aromatic nitrogens is 1. The largest absolute Gasteiger partial charge is 0.493 e. The Balaban J connectivity index is 2.62. The van der Waals surface area contributed by atoms with E-state index in [0.717, 1.165) is 7.11 Å². The summed E-state index contributed by atoms with van der Waals surface area (Å²) in [7, 11) is 3.35. The van der Waals surface area contributed by atoms with E-state index in [2.05, 4.69) is 9.72 Å². The summed E-state index contributed by atoms with van der Waals surface area (Å²) in [6, 6.07) is 4.63. The molecule has 0 bridgehead atoms. The average molecular weight is 437 g/mol. The first-order chi connectivity index (χ1) is 14.3. The van der Waals surface area contributed by atoms with Crippen LogP contribution < -0.4 is 9.47 Å². The minimum absolute atomic E-state index is 0.0492. The summed E-state index contributed by atoms with van der Waals surface area (Å²) < 4.78 is 33.2. The number of aryl methyl sites for hydroxylation is 1. The molecule has 2 atom stereocenters. The lowest BCUT2D eigenvalue weighted by Gasteiger charge is -2.19. The first-order valence-electron chi connectivity index (χ1n) is 8.72. The summed E-state index contributed by atoms with van der Waals surface area (Å²) >= 11 is 0. The van der Waals surface area contributed by atoms with Gasteiger partial charge in [-0.25, -0.2) is 9.59 Å². The molecule has 2 aromatic rings. The van der Waals surface area contributed by atoms with Crippen molar-refractivity contribution in [2.45, 2.75) is 23.7 Å². The van der Waals surface area contributed by atoms with Crippen molar-refractivity contribution in [3.8, 4) is 11.5 Å². The molecule has 0 aliphatic heterocycles. The lowest BCUT2D eigenvalue weighted by Crippen LogP contribution is -2.21. The molecule has 2 rings (SSSR count). The van der Waals surface area contributed by atoms with Crippen LogP contribution in [0.1, 0.15) is 33.3 Å². The normalized spacial score (nSPS) is 12.6. The van der Waals surface area contributed by atoms with Crippen LogP contribution in [0.15, 0.2) is 29.3 Å². The second kappa shape index (κ2) is 10.2. The van der Waals surface area contributed by atoms with Crippen molar-refractivity contribution in [2.75, 3.05) is 28.4 Å². The van der Waals surface area contributed by atoms with Gasteiger partial charge in [-0.1, -0.05) is 6.07 Å². The number of pyridine rings is 1. The van der Waals surface area contributed by atoms with Crippen molar-refractivity contribution in [3.63, 3.8) is 0 Å². The number of esters is 2. The molecule has 0 saturated heterocycles. The number of rotatable bonds is 8. The molecule has 9 nitrogen and oxygen atoms in total. The molecule has 0 saturated carbocycles. The molecule has 1 heterocycles. The Hall–Kier alpha value is -2.98. The van der Waals surface area contributed by atoms with E-state index in [1.807, 2.05) is 0 Å². The number of hydrogen-bond acceptors (Lipinski definition) is 9. The van der Waals surface area contributed by atoms with Gasteiger partial charge in [0.05, 0.1) is 56.2 Å². The molecule has 0 amide bonds. The Labute approximate surface area is 176 Å². The highest BCUT2D eigenvalue weighted by atomic mass is 32.2. The van der Waals surface area contributed by atoms with Gasteiger partial charge in [-0.3, -0.25) is 9.19 Å². The van der Waals surface area contributed by atoms with Crippen LogP contribution in [0, 0.1) is 6.92 Å². The van der Waals surface area contributed by atoms with E-state index >= 15 is 0 Å². The van der Waals surface area contributed by atoms with E-state index < -0.39 is 28.8 Å². The van der Waals surface area contributed by atoms with Crippen LogP contribution in [0.2, 0.25) is 0 Å². The summed E-state index contributed by atoms with van der Waals surface area (Å²) in [6.45, 7) is 1.61. The molecule has 0 unspecified atom stereocenters. The van der Waals surface area contributed by atoms with Gasteiger partial charge in [-0.15, -0.1) is 0 Å². The molecule has 0 radical (unpaired) electrons. The van der Waals surface area contributed by atoms with Gasteiger partial charge in [-0.2, -0.15) is 0 Å². The number of aliphatic hydroxyl groups excluding tert-OH is 1. The summed E-state index contributed by atoms with van der Waals surface area (Å²) in [4.78, 5) is 28.7. The molecule has 0 aliphatic carbocycles. The first-order valence-corrected chi connectivity index (χ1v) is 10.0. The van der Waals surface area contributed by atoms with E-state index in [9.17, 15) is 18.9 Å². The molecule has 1 aromatic carbocycles. The SMILES string of the molecule is COC(=O)c1c(C)ccc([S@](=O)Cc2nccc(OC)c2OC)c1[C@@H](O)C(=O)OC. The predicted octanol–water partition coefficient (Wildman–Crippen LogP) is 1.71. The van der Waals surface area contributed by atoms with E-state index in [1.54, 1.807) is 19.1 Å². The number of ether oxygens (including phenoxy) is 4. The lowest BCUT2D eigenvalue weighted by atomic mass is 9.97. The van der Waals surface area contributed by atoms with Crippen LogP contribution in [0.3, 0.4) is 0 Å². The maximum Gasteiger partial charge on any atom is 0.339 e. The number of nitrogens with zero attached hydrogens (tertiary/aromatic N) is 1. The summed E-state index contributed by atoms with van der Waals surface area (Å²) in [5.41, 5.74) is 0.604. The zero-order chi connectivity index (χ0) is 22.4. The fraction of sp³-hybridized carbons (Fsp3) is 0.350. The molecule has 162 valence electrons. The zero-order valence-electron chi connectivity index (χ0n) is 17.3. The minimum atomic E-state index is -1.83. The summed E-state index contributed by atoms with van der Waals surface area (Å²) in [6.07, 6.45) is -0.351. The van der Waals surface area contributed by atoms with Crippen molar-refractivity contribution >= 4 is 22.7 Å². The van der Waals surface area contributed by atoms with Crippen LogP contribution in [0.25, 0.3) is 0 Å². The maximum atomic E-state index is 13.3. The van der Waals surface area contributed by atoms with Crippen LogP contribution in [0.4, 0.5) is 0 Å². The van der Waals surface area contributed by atoms with Crippen molar-refractivity contribution in [2.24, 2.45) is 0 Å². The lowest BCUT2D eigenvalue weighted by molar-refractivity contribution is -0.150. The number of aliphatic hydroxyl groups is 1. The third-order valence-corrected chi connectivity index (χ3v) is 5.76. The minimum Gasteiger partial charge on any atom is -0.493 e. The molecule has 30 heavy (non-hydrogen) atoms. The van der Waals surface area contributed by atoms with E-state index in [1.165, 1.54) is 33.6 Å². The molecular formula is C20H23NO8S. The standard InChI is InChI=1S/C20H23NO8S/c1-11-6-7-14(16(15(11)19(23)28-4)17(22)20(24)29-5)30(25)10-12-18(27-3)13(26-2)8-9-21-12/h6-9,17,22H,10H2,1-5H3/t17-,30-/m1/s1. The molecule has 0 fully saturated rings. The van der Waals surface area contributed by atoms with Crippen molar-refractivity contribution in [1.82, 2.24) is 4.98 Å². The molecule has 10 heteroatoms. The first kappa shape index (κ1) is 23.3. The van der Waals surface area contributed by atoms with E-state index in [4.69, 9.17) is 14.2 Å². The van der Waals surface area contributed by atoms with Gasteiger partial charge in [-0.05, 0) is 18.6 Å². The van der Waals surface area contributed by atoms with Gasteiger partial charge in [0.1, 0.15) is 0 Å². The number of carbonyl (C=O) groups is 2. The number of benzene rings is 1. The molecule has 1 aromatic heterocycles. The van der Waals surface area contributed by atoms with Gasteiger partial charge in [0.25, 0.3) is 0 Å². The molecular weight excluding hydrogens is 414 g/mol. The Morgan fingerprint density at radius 1 is 1.10 bits per heavy atom. The Kier molecular flexibility index (Phi) is 7.90. The monoisotopic (exact) mass is 437 g/mol. The van der Waals surface area contributed by atoms with Crippen LogP contribution in [0.5, 0.6) is 11.5 Å². The maximum absolute atomic E-state index is 13.3.